The molecule has 3 aromatic carbocycles. The van der Waals surface area contributed by atoms with Gasteiger partial charge in [-0.05, 0) is 74.9 Å². The van der Waals surface area contributed by atoms with Crippen molar-refractivity contribution in [2.45, 2.75) is 81.8 Å². The summed E-state index contributed by atoms with van der Waals surface area (Å²) in [5.41, 5.74) is 0.392. The van der Waals surface area contributed by atoms with E-state index in [1.165, 1.54) is 19.2 Å². The van der Waals surface area contributed by atoms with Crippen LogP contribution in [0.4, 0.5) is 10.5 Å². The Morgan fingerprint density at radius 3 is 2.46 bits per heavy atom. The van der Waals surface area contributed by atoms with Crippen molar-refractivity contribution in [2.75, 3.05) is 39.2 Å². The van der Waals surface area contributed by atoms with E-state index in [0.29, 0.717) is 52.9 Å². The number of aliphatic hydroxyl groups is 2. The molecule has 2 atom stereocenters. The Balaban J connectivity index is 0.938. The molecule has 2 fully saturated rings. The van der Waals surface area contributed by atoms with Crippen molar-refractivity contribution in [2.24, 2.45) is 5.92 Å². The standard InChI is InChI=1S/C42H51ClN4O9/c1-47(29-12-14-30(15-13-29)56-40(51)42(53,28-10-6-7-11-28)27-8-4-3-5-9-27)20-21-55-41(52)45-34-23-37(54-2)26(22-33(34)43)24-44-25-36(49)31-16-18-35(48)39-32(31)17-19-38(50)46-39/h3-5,8-9,16-19,22-23,28-30,36,44,48-49,53H,6-7,10-15,20-21,24-25H2,1-2H3,(H,45,52)(H,46,50). The Hall–Kier alpha value is -4.66. The number of pyridine rings is 1. The Morgan fingerprint density at radius 2 is 1.75 bits per heavy atom. The summed E-state index contributed by atoms with van der Waals surface area (Å²) < 4.78 is 17.0. The third-order valence-corrected chi connectivity index (χ3v) is 11.5. The van der Waals surface area contributed by atoms with E-state index in [4.69, 9.17) is 25.8 Å². The van der Waals surface area contributed by atoms with E-state index in [-0.39, 0.29) is 59.6 Å². The van der Waals surface area contributed by atoms with Crippen molar-refractivity contribution >= 4 is 40.3 Å². The fourth-order valence-electron chi connectivity index (χ4n) is 8.03. The first-order valence-electron chi connectivity index (χ1n) is 19.2. The molecular weight excluding hydrogens is 740 g/mol. The minimum absolute atomic E-state index is 0.0873. The van der Waals surface area contributed by atoms with Crippen LogP contribution < -0.4 is 20.9 Å². The summed E-state index contributed by atoms with van der Waals surface area (Å²) in [6, 6.07) is 18.6. The van der Waals surface area contributed by atoms with Gasteiger partial charge in [0.1, 0.15) is 24.2 Å². The number of esters is 1. The molecule has 1 heterocycles. The number of aliphatic hydroxyl groups excluding tert-OH is 1. The van der Waals surface area contributed by atoms with Gasteiger partial charge in [-0.2, -0.15) is 0 Å². The largest absolute Gasteiger partial charge is 0.506 e. The molecule has 1 aromatic heterocycles. The Kier molecular flexibility index (Phi) is 13.6. The topological polar surface area (TPSA) is 183 Å². The molecule has 2 unspecified atom stereocenters. The summed E-state index contributed by atoms with van der Waals surface area (Å²) in [6.07, 6.45) is 4.68. The highest BCUT2D eigenvalue weighted by molar-refractivity contribution is 6.33. The van der Waals surface area contributed by atoms with Gasteiger partial charge in [-0.15, -0.1) is 0 Å². The summed E-state index contributed by atoms with van der Waals surface area (Å²) in [5, 5.41) is 39.5. The molecule has 14 heteroatoms. The molecule has 4 aromatic rings. The zero-order valence-corrected chi connectivity index (χ0v) is 32.5. The van der Waals surface area contributed by atoms with Gasteiger partial charge in [0.25, 0.3) is 0 Å². The molecule has 6 N–H and O–H groups in total. The lowest BCUT2D eigenvalue weighted by Crippen LogP contribution is -2.46. The molecule has 2 aliphatic rings. The van der Waals surface area contributed by atoms with Crippen LogP contribution in [-0.4, -0.2) is 83.3 Å². The lowest BCUT2D eigenvalue weighted by atomic mass is 9.80. The smallest absolute Gasteiger partial charge is 0.411 e. The number of phenolic OH excluding ortho intramolecular Hbond substituents is 1. The average Bonchev–Trinajstić information content (AvgIpc) is 3.75. The van der Waals surface area contributed by atoms with Gasteiger partial charge >= 0.3 is 12.1 Å². The number of nitrogens with one attached hydrogen (secondary N) is 3. The number of nitrogens with zero attached hydrogens (tertiary/aromatic N) is 1. The van der Waals surface area contributed by atoms with Crippen LogP contribution in [0.1, 0.15) is 74.2 Å². The highest BCUT2D eigenvalue weighted by atomic mass is 35.5. The van der Waals surface area contributed by atoms with E-state index in [2.05, 4.69) is 20.5 Å². The fourth-order valence-corrected chi connectivity index (χ4v) is 8.27. The number of likely N-dealkylation sites (N-methyl/N-ethyl adjacent to an activating group) is 1. The van der Waals surface area contributed by atoms with Gasteiger partial charge < -0.3 is 44.7 Å². The first-order valence-corrected chi connectivity index (χ1v) is 19.6. The number of carbonyl (C=O) groups is 2. The number of carbonyl (C=O) groups excluding carboxylic acids is 2. The van der Waals surface area contributed by atoms with E-state index >= 15 is 0 Å². The van der Waals surface area contributed by atoms with Crippen molar-refractivity contribution in [3.8, 4) is 11.5 Å². The van der Waals surface area contributed by atoms with E-state index < -0.39 is 23.8 Å². The molecule has 56 heavy (non-hydrogen) atoms. The molecule has 0 bridgehead atoms. The van der Waals surface area contributed by atoms with Crippen molar-refractivity contribution in [3.05, 3.63) is 98.8 Å². The number of hydrogen-bond donors (Lipinski definition) is 6. The third-order valence-electron chi connectivity index (χ3n) is 11.2. The second-order valence-electron chi connectivity index (χ2n) is 14.8. The number of rotatable bonds is 15. The number of fused-ring (bicyclic) bond motifs is 1. The summed E-state index contributed by atoms with van der Waals surface area (Å²) in [5.74, 6) is -0.326. The first kappa shape index (κ1) is 41.0. The molecule has 13 nitrogen and oxygen atoms in total. The summed E-state index contributed by atoms with van der Waals surface area (Å²) in [4.78, 5) is 42.8. The number of aromatic amines is 1. The maximum absolute atomic E-state index is 13.5. The summed E-state index contributed by atoms with van der Waals surface area (Å²) >= 11 is 6.54. The van der Waals surface area contributed by atoms with Crippen LogP contribution in [0.2, 0.25) is 5.02 Å². The van der Waals surface area contributed by atoms with Crippen LogP contribution in [0.5, 0.6) is 11.5 Å². The van der Waals surface area contributed by atoms with Crippen LogP contribution in [0, 0.1) is 5.92 Å². The number of amides is 1. The quantitative estimate of drug-likeness (QED) is 0.0762. The molecule has 2 saturated carbocycles. The van der Waals surface area contributed by atoms with Gasteiger partial charge in [-0.25, -0.2) is 9.59 Å². The molecular formula is C42H51ClN4O9. The fraction of sp³-hybridized carbons (Fsp3) is 0.452. The number of ether oxygens (including phenoxy) is 3. The van der Waals surface area contributed by atoms with Crippen molar-refractivity contribution in [1.29, 1.82) is 0 Å². The summed E-state index contributed by atoms with van der Waals surface area (Å²) in [7, 11) is 3.48. The number of benzene rings is 3. The van der Waals surface area contributed by atoms with Crippen LogP contribution >= 0.6 is 11.6 Å². The van der Waals surface area contributed by atoms with Gasteiger partial charge in [0, 0.05) is 54.7 Å². The number of H-pyrrole nitrogens is 1. The first-order chi connectivity index (χ1) is 27.0. The maximum Gasteiger partial charge on any atom is 0.411 e. The SMILES string of the molecule is COc1cc(NC(=O)OCCN(C)C2CCC(OC(=O)C(O)(c3ccccc3)C3CCCC3)CC2)c(Cl)cc1CNCC(O)c1ccc(O)c2[nH]c(=O)ccc12. The summed E-state index contributed by atoms with van der Waals surface area (Å²) in [6.45, 7) is 1.08. The van der Waals surface area contributed by atoms with E-state index in [0.717, 1.165) is 38.5 Å². The number of aromatic hydroxyl groups is 1. The number of halogens is 1. The molecule has 0 aliphatic heterocycles. The molecule has 0 saturated heterocycles. The van der Waals surface area contributed by atoms with Crippen LogP contribution in [0.25, 0.3) is 10.9 Å². The number of hydrogen-bond acceptors (Lipinski definition) is 11. The number of phenols is 1. The number of anilines is 1. The lowest BCUT2D eigenvalue weighted by molar-refractivity contribution is -0.181. The second-order valence-corrected chi connectivity index (χ2v) is 15.2. The Bertz CT molecular complexity index is 2030. The highest BCUT2D eigenvalue weighted by Gasteiger charge is 2.48. The normalized spacial score (nSPS) is 19.0. The van der Waals surface area contributed by atoms with Gasteiger partial charge in [0.2, 0.25) is 5.56 Å². The van der Waals surface area contributed by atoms with Crippen LogP contribution in [0.15, 0.2) is 71.5 Å². The monoisotopic (exact) mass is 790 g/mol. The molecule has 6 rings (SSSR count). The number of methoxy groups -OCH3 is 1. The zero-order valence-electron chi connectivity index (χ0n) is 31.8. The number of aromatic nitrogens is 1. The third kappa shape index (κ3) is 9.47. The molecule has 1 amide bonds. The Labute approximate surface area is 330 Å². The molecule has 2 aliphatic carbocycles. The van der Waals surface area contributed by atoms with Crippen molar-refractivity contribution < 1.29 is 39.1 Å². The predicted molar refractivity (Wildman–Crippen MR) is 213 cm³/mol. The van der Waals surface area contributed by atoms with Gasteiger partial charge in [0.05, 0.1) is 29.4 Å². The van der Waals surface area contributed by atoms with E-state index in [1.807, 2.05) is 25.2 Å². The predicted octanol–water partition coefficient (Wildman–Crippen LogP) is 6.13. The van der Waals surface area contributed by atoms with Gasteiger partial charge in [-0.3, -0.25) is 10.1 Å². The molecule has 0 radical (unpaired) electrons. The van der Waals surface area contributed by atoms with Gasteiger partial charge in [0.15, 0.2) is 5.60 Å². The van der Waals surface area contributed by atoms with E-state index in [1.54, 1.807) is 36.4 Å². The second kappa shape index (κ2) is 18.5. The minimum Gasteiger partial charge on any atom is -0.506 e. The maximum atomic E-state index is 13.5. The van der Waals surface area contributed by atoms with E-state index in [9.17, 15) is 29.7 Å². The van der Waals surface area contributed by atoms with Crippen molar-refractivity contribution in [1.82, 2.24) is 15.2 Å². The Morgan fingerprint density at radius 1 is 1.02 bits per heavy atom. The lowest BCUT2D eigenvalue weighted by Gasteiger charge is -2.37. The zero-order chi connectivity index (χ0) is 39.8. The molecule has 0 spiro atoms. The van der Waals surface area contributed by atoms with Crippen LogP contribution in [-0.2, 0) is 26.4 Å². The van der Waals surface area contributed by atoms with Crippen molar-refractivity contribution in [3.63, 3.8) is 0 Å². The van der Waals surface area contributed by atoms with Gasteiger partial charge in [-0.1, -0.05) is 60.8 Å². The molecule has 300 valence electrons. The highest BCUT2D eigenvalue weighted by Crippen LogP contribution is 2.42. The minimum atomic E-state index is -1.64. The average molecular weight is 791 g/mol. The van der Waals surface area contributed by atoms with Crippen LogP contribution in [0.3, 0.4) is 0 Å².